The number of nitrogens with one attached hydrogen (secondary N) is 3. The van der Waals surface area contributed by atoms with Gasteiger partial charge in [0.1, 0.15) is 5.76 Å². The second-order valence-electron chi connectivity index (χ2n) is 5.94. The fourth-order valence-electron chi connectivity index (χ4n) is 2.52. The van der Waals surface area contributed by atoms with Crippen LogP contribution in [-0.2, 0) is 17.6 Å². The third-order valence-electron chi connectivity index (χ3n) is 3.93. The first-order valence-electron chi connectivity index (χ1n) is 9.07. The van der Waals surface area contributed by atoms with Crippen molar-refractivity contribution >= 4 is 35.8 Å². The Labute approximate surface area is 183 Å². The fraction of sp³-hybridized carbons (Fsp3) is 0.400. The first kappa shape index (κ1) is 24.0. The second kappa shape index (κ2) is 14.0. The van der Waals surface area contributed by atoms with Crippen molar-refractivity contribution in [3.05, 3.63) is 59.5 Å². The van der Waals surface area contributed by atoms with Gasteiger partial charge in [-0.05, 0) is 36.2 Å². The van der Waals surface area contributed by atoms with Gasteiger partial charge in [0.25, 0.3) is 5.91 Å². The maximum absolute atomic E-state index is 11.7. The largest absolute Gasteiger partial charge is 0.469 e. The minimum absolute atomic E-state index is 0. The van der Waals surface area contributed by atoms with Gasteiger partial charge in [0.15, 0.2) is 5.96 Å². The van der Waals surface area contributed by atoms with E-state index in [4.69, 9.17) is 9.15 Å². The summed E-state index contributed by atoms with van der Waals surface area (Å²) in [5.41, 5.74) is 1.76. The molecule has 3 N–H and O–H groups in total. The number of halogens is 1. The molecule has 0 radical (unpaired) electrons. The minimum atomic E-state index is -0.0776. The number of carbonyl (C=O) groups excluding carboxylic acids is 1. The normalized spacial score (nSPS) is 10.9. The van der Waals surface area contributed by atoms with Crippen LogP contribution < -0.4 is 16.0 Å². The summed E-state index contributed by atoms with van der Waals surface area (Å²) in [7, 11) is 3.29. The van der Waals surface area contributed by atoms with Gasteiger partial charge >= 0.3 is 0 Å². The Morgan fingerprint density at radius 1 is 1.14 bits per heavy atom. The number of rotatable bonds is 10. The molecule has 0 fully saturated rings. The molecule has 1 aromatic carbocycles. The predicted molar refractivity (Wildman–Crippen MR) is 122 cm³/mol. The smallest absolute Gasteiger partial charge is 0.251 e. The number of aliphatic imine (C=N–C) groups is 1. The number of nitrogens with zero attached hydrogens (tertiary/aromatic N) is 1. The zero-order chi connectivity index (χ0) is 19.3. The van der Waals surface area contributed by atoms with Crippen LogP contribution in [0.3, 0.4) is 0 Å². The zero-order valence-electron chi connectivity index (χ0n) is 16.4. The molecule has 0 saturated heterocycles. The first-order valence-corrected chi connectivity index (χ1v) is 9.07. The SMILES string of the molecule is CNC(=O)c1cccc(CCNC(=NCCOC)NCCc2ccco2)c1.I. The molecule has 0 aliphatic rings. The summed E-state index contributed by atoms with van der Waals surface area (Å²) in [5.74, 6) is 1.59. The summed E-state index contributed by atoms with van der Waals surface area (Å²) < 4.78 is 10.4. The monoisotopic (exact) mass is 500 g/mol. The molecule has 0 atom stereocenters. The lowest BCUT2D eigenvalue weighted by atomic mass is 10.1. The summed E-state index contributed by atoms with van der Waals surface area (Å²) in [5, 5.41) is 9.27. The standard InChI is InChI=1S/C20H28N4O3.HI/c1-21-19(25)17-6-3-5-16(15-17)8-10-22-20(24-12-14-26-2)23-11-9-18-7-4-13-27-18;/h3-7,13,15H,8-12,14H2,1-2H3,(H,21,25)(H2,22,23,24);1H. The van der Waals surface area contributed by atoms with Gasteiger partial charge in [-0.3, -0.25) is 9.79 Å². The number of carbonyl (C=O) groups is 1. The molecule has 0 spiro atoms. The van der Waals surface area contributed by atoms with Crippen molar-refractivity contribution in [2.24, 2.45) is 4.99 Å². The van der Waals surface area contributed by atoms with Crippen molar-refractivity contribution in [3.63, 3.8) is 0 Å². The number of guanidine groups is 1. The van der Waals surface area contributed by atoms with Crippen LogP contribution >= 0.6 is 24.0 Å². The Hall–Kier alpha value is -2.07. The highest BCUT2D eigenvalue weighted by molar-refractivity contribution is 14.0. The Balaban J connectivity index is 0.00000392. The van der Waals surface area contributed by atoms with Gasteiger partial charge in [-0.2, -0.15) is 0 Å². The third-order valence-corrected chi connectivity index (χ3v) is 3.93. The van der Waals surface area contributed by atoms with Crippen LogP contribution in [-0.4, -0.2) is 52.3 Å². The lowest BCUT2D eigenvalue weighted by Gasteiger charge is -2.12. The summed E-state index contributed by atoms with van der Waals surface area (Å²) in [6.45, 7) is 2.58. The van der Waals surface area contributed by atoms with Crippen LogP contribution in [0.2, 0.25) is 0 Å². The van der Waals surface area contributed by atoms with E-state index >= 15 is 0 Å². The van der Waals surface area contributed by atoms with Crippen molar-refractivity contribution in [3.8, 4) is 0 Å². The number of amides is 1. The molecule has 0 unspecified atom stereocenters. The molecule has 0 bridgehead atoms. The Bertz CT molecular complexity index is 720. The maximum atomic E-state index is 11.7. The van der Waals surface area contributed by atoms with Gasteiger partial charge in [-0.25, -0.2) is 0 Å². The molecule has 2 aromatic rings. The molecule has 1 amide bonds. The number of ether oxygens (including phenoxy) is 1. The van der Waals surface area contributed by atoms with Crippen LogP contribution in [0.15, 0.2) is 52.1 Å². The lowest BCUT2D eigenvalue weighted by Crippen LogP contribution is -2.39. The van der Waals surface area contributed by atoms with Crippen LogP contribution in [0.4, 0.5) is 0 Å². The van der Waals surface area contributed by atoms with Crippen LogP contribution in [0.5, 0.6) is 0 Å². The first-order chi connectivity index (χ1) is 13.2. The topological polar surface area (TPSA) is 87.9 Å². The molecule has 1 heterocycles. The van der Waals surface area contributed by atoms with E-state index in [1.165, 1.54) is 0 Å². The summed E-state index contributed by atoms with van der Waals surface area (Å²) in [6, 6.07) is 11.5. The number of benzene rings is 1. The van der Waals surface area contributed by atoms with E-state index in [1.54, 1.807) is 20.4 Å². The molecule has 7 nitrogen and oxygen atoms in total. The van der Waals surface area contributed by atoms with Crippen LogP contribution in [0.25, 0.3) is 0 Å². The predicted octanol–water partition coefficient (Wildman–Crippen LogP) is 2.22. The quantitative estimate of drug-likeness (QED) is 0.202. The Kier molecular flexibility index (Phi) is 12.0. The van der Waals surface area contributed by atoms with Crippen molar-refractivity contribution in [1.82, 2.24) is 16.0 Å². The van der Waals surface area contributed by atoms with E-state index in [9.17, 15) is 4.79 Å². The van der Waals surface area contributed by atoms with Crippen molar-refractivity contribution < 1.29 is 13.9 Å². The average Bonchev–Trinajstić information content (AvgIpc) is 3.21. The molecule has 28 heavy (non-hydrogen) atoms. The van der Waals surface area contributed by atoms with Crippen LogP contribution in [0.1, 0.15) is 21.7 Å². The molecule has 2 rings (SSSR count). The van der Waals surface area contributed by atoms with E-state index in [1.807, 2.05) is 36.4 Å². The van der Waals surface area contributed by atoms with Crippen molar-refractivity contribution in [1.29, 1.82) is 0 Å². The lowest BCUT2D eigenvalue weighted by molar-refractivity contribution is 0.0963. The molecular formula is C20H29IN4O3. The molecule has 8 heteroatoms. The van der Waals surface area contributed by atoms with Gasteiger partial charge in [-0.1, -0.05) is 12.1 Å². The highest BCUT2D eigenvalue weighted by atomic mass is 127. The summed E-state index contributed by atoms with van der Waals surface area (Å²) in [4.78, 5) is 16.2. The highest BCUT2D eigenvalue weighted by Crippen LogP contribution is 2.05. The summed E-state index contributed by atoms with van der Waals surface area (Å²) in [6.07, 6.45) is 3.24. The molecular weight excluding hydrogens is 471 g/mol. The minimum Gasteiger partial charge on any atom is -0.469 e. The molecule has 0 aliphatic heterocycles. The van der Waals surface area contributed by atoms with E-state index in [-0.39, 0.29) is 29.9 Å². The Morgan fingerprint density at radius 2 is 1.93 bits per heavy atom. The van der Waals surface area contributed by atoms with Gasteiger partial charge in [-0.15, -0.1) is 24.0 Å². The molecule has 1 aromatic heterocycles. The van der Waals surface area contributed by atoms with Crippen molar-refractivity contribution in [2.75, 3.05) is 40.4 Å². The molecule has 154 valence electrons. The van der Waals surface area contributed by atoms with Gasteiger partial charge in [0.2, 0.25) is 0 Å². The van der Waals surface area contributed by atoms with Gasteiger partial charge < -0.3 is 25.1 Å². The Morgan fingerprint density at radius 3 is 2.61 bits per heavy atom. The number of hydrogen-bond acceptors (Lipinski definition) is 4. The summed E-state index contributed by atoms with van der Waals surface area (Å²) >= 11 is 0. The van der Waals surface area contributed by atoms with E-state index < -0.39 is 0 Å². The van der Waals surface area contributed by atoms with Crippen molar-refractivity contribution in [2.45, 2.75) is 12.8 Å². The second-order valence-corrected chi connectivity index (χ2v) is 5.94. The number of methoxy groups -OCH3 is 1. The third kappa shape index (κ3) is 8.75. The van der Waals surface area contributed by atoms with E-state index in [2.05, 4.69) is 20.9 Å². The number of hydrogen-bond donors (Lipinski definition) is 3. The zero-order valence-corrected chi connectivity index (χ0v) is 18.7. The fourth-order valence-corrected chi connectivity index (χ4v) is 2.52. The van der Waals surface area contributed by atoms with E-state index in [0.29, 0.717) is 25.3 Å². The highest BCUT2D eigenvalue weighted by Gasteiger charge is 2.04. The average molecular weight is 500 g/mol. The van der Waals surface area contributed by atoms with Gasteiger partial charge in [0.05, 0.1) is 19.4 Å². The van der Waals surface area contributed by atoms with Gasteiger partial charge in [0, 0.05) is 39.2 Å². The molecule has 0 aliphatic carbocycles. The van der Waals surface area contributed by atoms with E-state index in [0.717, 1.165) is 36.7 Å². The van der Waals surface area contributed by atoms with Crippen LogP contribution in [0, 0.1) is 0 Å². The number of furan rings is 1. The molecule has 0 saturated carbocycles. The maximum Gasteiger partial charge on any atom is 0.251 e.